The Kier molecular flexibility index (Phi) is 3.55. The average Bonchev–Trinajstić information content (AvgIpc) is 2.92. The molecule has 23 heavy (non-hydrogen) atoms. The summed E-state index contributed by atoms with van der Waals surface area (Å²) in [7, 11) is 0. The summed E-state index contributed by atoms with van der Waals surface area (Å²) in [5, 5.41) is 5.24. The molecule has 2 aliphatic rings. The first-order chi connectivity index (χ1) is 11.2. The molecule has 2 fully saturated rings. The number of benzene rings is 2. The van der Waals surface area contributed by atoms with Gasteiger partial charge in [0.2, 0.25) is 0 Å². The van der Waals surface area contributed by atoms with Gasteiger partial charge in [0.15, 0.2) is 0 Å². The number of hydrogen-bond donors (Lipinski definition) is 1. The molecule has 4 rings (SSSR count). The summed E-state index contributed by atoms with van der Waals surface area (Å²) < 4.78 is 0. The third-order valence-electron chi connectivity index (χ3n) is 5.10. The Labute approximate surface area is 136 Å². The number of nitrogens with one attached hydrogen (secondary N) is 1. The second kappa shape index (κ2) is 5.72. The summed E-state index contributed by atoms with van der Waals surface area (Å²) in [6, 6.07) is 11.9. The van der Waals surface area contributed by atoms with Crippen LogP contribution in [0.4, 0.5) is 0 Å². The van der Waals surface area contributed by atoms with E-state index in [1.807, 2.05) is 36.4 Å². The van der Waals surface area contributed by atoms with Gasteiger partial charge >= 0.3 is 0 Å². The van der Waals surface area contributed by atoms with Gasteiger partial charge in [0, 0.05) is 30.3 Å². The quantitative estimate of drug-likeness (QED) is 0.865. The van der Waals surface area contributed by atoms with Crippen LogP contribution in [0.15, 0.2) is 36.4 Å². The zero-order chi connectivity index (χ0) is 15.8. The molecule has 3 unspecified atom stereocenters. The zero-order valence-electron chi connectivity index (χ0n) is 13.1. The second-order valence-electron chi connectivity index (χ2n) is 6.71. The number of nitrogens with zero attached hydrogens (tertiary/aromatic N) is 1. The number of piperidine rings is 1. The van der Waals surface area contributed by atoms with Crippen LogP contribution in [0.2, 0.25) is 0 Å². The molecule has 3 heteroatoms. The first-order valence-electron chi connectivity index (χ1n) is 8.25. The molecule has 1 amide bonds. The maximum Gasteiger partial charge on any atom is 0.251 e. The SMILES string of the molecule is C#Cc1cccc2cc(C(=O)NC3CC4CCN(C4)C3)ccc12. The van der Waals surface area contributed by atoms with Crippen molar-refractivity contribution in [2.24, 2.45) is 5.92 Å². The maximum absolute atomic E-state index is 12.6. The van der Waals surface area contributed by atoms with Crippen molar-refractivity contribution in [1.82, 2.24) is 10.2 Å². The number of carbonyl (C=O) groups excluding carboxylic acids is 1. The van der Waals surface area contributed by atoms with Gasteiger partial charge in [0.25, 0.3) is 5.91 Å². The Hall–Kier alpha value is -2.31. The molecule has 0 saturated carbocycles. The van der Waals surface area contributed by atoms with Gasteiger partial charge in [0.05, 0.1) is 0 Å². The summed E-state index contributed by atoms with van der Waals surface area (Å²) in [6.07, 6.45) is 7.92. The van der Waals surface area contributed by atoms with E-state index in [9.17, 15) is 4.79 Å². The third kappa shape index (κ3) is 2.71. The standard InChI is InChI=1S/C20H20N2O/c1-2-15-4-3-5-16-11-17(6-7-19(15)16)20(23)21-18-10-14-8-9-22(12-14)13-18/h1,3-7,11,14,18H,8-10,12-13H2,(H,21,23). The summed E-state index contributed by atoms with van der Waals surface area (Å²) in [6.45, 7) is 3.37. The van der Waals surface area contributed by atoms with E-state index in [-0.39, 0.29) is 11.9 Å². The minimum atomic E-state index is 0.0190. The highest BCUT2D eigenvalue weighted by molar-refractivity contribution is 5.99. The Morgan fingerprint density at radius 3 is 3.00 bits per heavy atom. The molecule has 2 aromatic rings. The lowest BCUT2D eigenvalue weighted by atomic mass is 9.96. The number of amides is 1. The molecule has 0 spiro atoms. The Balaban J connectivity index is 1.54. The van der Waals surface area contributed by atoms with Crippen LogP contribution in [0, 0.1) is 18.3 Å². The van der Waals surface area contributed by atoms with Crippen LogP contribution in [0.1, 0.15) is 28.8 Å². The van der Waals surface area contributed by atoms with E-state index in [4.69, 9.17) is 6.42 Å². The van der Waals surface area contributed by atoms with Gasteiger partial charge in [-0.3, -0.25) is 4.79 Å². The molecule has 2 bridgehead atoms. The molecular weight excluding hydrogens is 284 g/mol. The fourth-order valence-electron chi connectivity index (χ4n) is 3.98. The van der Waals surface area contributed by atoms with Crippen LogP contribution < -0.4 is 5.32 Å². The topological polar surface area (TPSA) is 32.3 Å². The van der Waals surface area contributed by atoms with Crippen molar-refractivity contribution >= 4 is 16.7 Å². The summed E-state index contributed by atoms with van der Waals surface area (Å²) in [5.74, 6) is 3.47. The molecular formula is C20H20N2O. The number of rotatable bonds is 2. The largest absolute Gasteiger partial charge is 0.348 e. The van der Waals surface area contributed by atoms with Crippen molar-refractivity contribution in [3.8, 4) is 12.3 Å². The van der Waals surface area contributed by atoms with Gasteiger partial charge in [-0.25, -0.2) is 0 Å². The highest BCUT2D eigenvalue weighted by Gasteiger charge is 2.32. The number of fused-ring (bicyclic) bond motifs is 3. The summed E-state index contributed by atoms with van der Waals surface area (Å²) >= 11 is 0. The normalized spacial score (nSPS) is 26.0. The number of carbonyl (C=O) groups is 1. The lowest BCUT2D eigenvalue weighted by Gasteiger charge is -2.30. The minimum Gasteiger partial charge on any atom is -0.348 e. The van der Waals surface area contributed by atoms with Crippen LogP contribution in [0.25, 0.3) is 10.8 Å². The molecule has 2 heterocycles. The van der Waals surface area contributed by atoms with Crippen LogP contribution in [-0.2, 0) is 0 Å². The van der Waals surface area contributed by atoms with E-state index in [1.165, 1.54) is 19.5 Å². The van der Waals surface area contributed by atoms with Gasteiger partial charge in [-0.2, -0.15) is 0 Å². The van der Waals surface area contributed by atoms with Gasteiger partial charge in [0.1, 0.15) is 0 Å². The van der Waals surface area contributed by atoms with Gasteiger partial charge in [-0.1, -0.05) is 24.1 Å². The molecule has 0 aliphatic carbocycles. The Bertz CT molecular complexity index is 793. The van der Waals surface area contributed by atoms with Crippen molar-refractivity contribution in [1.29, 1.82) is 0 Å². The average molecular weight is 304 g/mol. The van der Waals surface area contributed by atoms with Crippen LogP contribution in [0.5, 0.6) is 0 Å². The fraction of sp³-hybridized carbons (Fsp3) is 0.350. The van der Waals surface area contributed by atoms with Crippen LogP contribution >= 0.6 is 0 Å². The number of hydrogen-bond acceptors (Lipinski definition) is 2. The predicted octanol–water partition coefficient (Wildman–Crippen LogP) is 2.65. The smallest absolute Gasteiger partial charge is 0.251 e. The highest BCUT2D eigenvalue weighted by atomic mass is 16.1. The van der Waals surface area contributed by atoms with Crippen molar-refractivity contribution < 1.29 is 4.79 Å². The highest BCUT2D eigenvalue weighted by Crippen LogP contribution is 2.27. The monoisotopic (exact) mass is 304 g/mol. The second-order valence-corrected chi connectivity index (χ2v) is 6.71. The first-order valence-corrected chi connectivity index (χ1v) is 8.25. The lowest BCUT2D eigenvalue weighted by molar-refractivity contribution is 0.0909. The molecule has 0 radical (unpaired) electrons. The molecule has 2 aromatic carbocycles. The van der Waals surface area contributed by atoms with E-state index >= 15 is 0 Å². The molecule has 1 N–H and O–H groups in total. The molecule has 2 saturated heterocycles. The molecule has 3 atom stereocenters. The van der Waals surface area contributed by atoms with E-state index in [1.54, 1.807) is 0 Å². The Morgan fingerprint density at radius 1 is 1.26 bits per heavy atom. The van der Waals surface area contributed by atoms with Crippen molar-refractivity contribution in [3.63, 3.8) is 0 Å². The van der Waals surface area contributed by atoms with Gasteiger partial charge < -0.3 is 10.2 Å². The molecule has 3 nitrogen and oxygen atoms in total. The van der Waals surface area contributed by atoms with E-state index in [0.29, 0.717) is 5.56 Å². The minimum absolute atomic E-state index is 0.0190. The van der Waals surface area contributed by atoms with Crippen LogP contribution in [0.3, 0.4) is 0 Å². The predicted molar refractivity (Wildman–Crippen MR) is 92.3 cm³/mol. The third-order valence-corrected chi connectivity index (χ3v) is 5.10. The van der Waals surface area contributed by atoms with Crippen LogP contribution in [-0.4, -0.2) is 36.5 Å². The molecule has 0 aromatic heterocycles. The zero-order valence-corrected chi connectivity index (χ0v) is 13.1. The van der Waals surface area contributed by atoms with Gasteiger partial charge in [-0.15, -0.1) is 6.42 Å². The summed E-state index contributed by atoms with van der Waals surface area (Å²) in [5.41, 5.74) is 1.57. The maximum atomic E-state index is 12.6. The van der Waals surface area contributed by atoms with Crippen molar-refractivity contribution in [2.45, 2.75) is 18.9 Å². The molecule has 116 valence electrons. The lowest BCUT2D eigenvalue weighted by Crippen LogP contribution is -2.47. The van der Waals surface area contributed by atoms with Crippen molar-refractivity contribution in [2.75, 3.05) is 19.6 Å². The molecule has 2 aliphatic heterocycles. The van der Waals surface area contributed by atoms with Crippen molar-refractivity contribution in [3.05, 3.63) is 47.5 Å². The number of terminal acetylenes is 1. The first kappa shape index (κ1) is 14.3. The van der Waals surface area contributed by atoms with Gasteiger partial charge in [-0.05, 0) is 54.3 Å². The van der Waals surface area contributed by atoms with E-state index in [0.717, 1.165) is 35.2 Å². The van der Waals surface area contributed by atoms with E-state index < -0.39 is 0 Å². The Morgan fingerprint density at radius 2 is 2.17 bits per heavy atom. The van der Waals surface area contributed by atoms with E-state index in [2.05, 4.69) is 16.1 Å². The fourth-order valence-corrected chi connectivity index (χ4v) is 3.98. The summed E-state index contributed by atoms with van der Waals surface area (Å²) in [4.78, 5) is 15.0.